The summed E-state index contributed by atoms with van der Waals surface area (Å²) in [5.41, 5.74) is 2.18. The third-order valence-corrected chi connectivity index (χ3v) is 2.99. The Labute approximate surface area is 102 Å². The van der Waals surface area contributed by atoms with Gasteiger partial charge in [-0.1, -0.05) is 12.2 Å². The van der Waals surface area contributed by atoms with Gasteiger partial charge in [-0.15, -0.1) is 10.2 Å². The fourth-order valence-electron chi connectivity index (χ4n) is 2.13. The summed E-state index contributed by atoms with van der Waals surface area (Å²) in [5.74, 6) is -0.779. The highest BCUT2D eigenvalue weighted by Gasteiger charge is 2.35. The molecule has 0 aromatic heterocycles. The maximum atomic E-state index is 11.6. The number of hydrogen-bond acceptors (Lipinski definition) is 5. The van der Waals surface area contributed by atoms with E-state index in [4.69, 9.17) is 4.74 Å². The van der Waals surface area contributed by atoms with E-state index in [0.29, 0.717) is 16.8 Å². The first-order valence-electron chi connectivity index (χ1n) is 5.36. The highest BCUT2D eigenvalue weighted by atomic mass is 16.5. The van der Waals surface area contributed by atoms with Gasteiger partial charge in [0.25, 0.3) is 5.91 Å². The van der Waals surface area contributed by atoms with Crippen LogP contribution < -0.4 is 5.32 Å². The quantitative estimate of drug-likeness (QED) is 0.689. The molecule has 0 spiro atoms. The van der Waals surface area contributed by atoms with E-state index in [-0.39, 0.29) is 11.9 Å². The molecule has 1 atom stereocenters. The van der Waals surface area contributed by atoms with Gasteiger partial charge in [-0.25, -0.2) is 4.79 Å². The maximum Gasteiger partial charge on any atom is 0.336 e. The van der Waals surface area contributed by atoms with Gasteiger partial charge >= 0.3 is 5.97 Å². The molecule has 3 rings (SSSR count). The zero-order valence-corrected chi connectivity index (χ0v) is 9.51. The highest BCUT2D eigenvalue weighted by Crippen LogP contribution is 2.33. The van der Waals surface area contributed by atoms with Crippen LogP contribution in [0.2, 0.25) is 0 Å². The molecule has 0 saturated carbocycles. The molecule has 3 aliphatic rings. The number of fused-ring (bicyclic) bond motifs is 2. The smallest absolute Gasteiger partial charge is 0.336 e. The number of carbonyl (C=O) groups excluding carboxylic acids is 2. The second-order valence-electron chi connectivity index (χ2n) is 3.94. The molecule has 0 bridgehead atoms. The van der Waals surface area contributed by atoms with Gasteiger partial charge in [-0.2, -0.15) is 0 Å². The van der Waals surface area contributed by atoms with E-state index < -0.39 is 5.97 Å². The Morgan fingerprint density at radius 3 is 3.06 bits per heavy atom. The third-order valence-electron chi connectivity index (χ3n) is 2.99. The van der Waals surface area contributed by atoms with E-state index in [1.807, 2.05) is 6.08 Å². The Bertz CT molecular complexity index is 608. The molecule has 0 fully saturated rings. The standard InChI is InChI=1S/C12H9N3O3/c1-18-12(17)7-4-2-3-6-9(7)13-5-8-10(6)14-15-11(8)16/h2-5,9,13H,1H3. The van der Waals surface area contributed by atoms with Gasteiger partial charge in [-0.05, 0) is 6.08 Å². The first-order valence-corrected chi connectivity index (χ1v) is 5.36. The summed E-state index contributed by atoms with van der Waals surface area (Å²) in [6, 6.07) is -0.342. The van der Waals surface area contributed by atoms with Crippen LogP contribution >= 0.6 is 0 Å². The van der Waals surface area contributed by atoms with E-state index in [0.717, 1.165) is 5.57 Å². The third kappa shape index (κ3) is 1.35. The van der Waals surface area contributed by atoms with Crippen molar-refractivity contribution in [3.63, 3.8) is 0 Å². The number of nitrogens with zero attached hydrogens (tertiary/aromatic N) is 2. The molecule has 2 heterocycles. The van der Waals surface area contributed by atoms with Gasteiger partial charge in [0.1, 0.15) is 5.70 Å². The molecule has 0 aromatic carbocycles. The molecule has 6 nitrogen and oxygen atoms in total. The largest absolute Gasteiger partial charge is 0.466 e. The molecule has 1 amide bonds. The average Bonchev–Trinajstić information content (AvgIpc) is 2.79. The normalized spacial score (nSPS) is 24.1. The van der Waals surface area contributed by atoms with Crippen molar-refractivity contribution in [1.82, 2.24) is 5.32 Å². The average molecular weight is 243 g/mol. The second-order valence-corrected chi connectivity index (χ2v) is 3.94. The van der Waals surface area contributed by atoms with Gasteiger partial charge in [-0.3, -0.25) is 4.79 Å². The summed E-state index contributed by atoms with van der Waals surface area (Å²) >= 11 is 0. The van der Waals surface area contributed by atoms with Crippen molar-refractivity contribution in [2.75, 3.05) is 7.11 Å². The lowest BCUT2D eigenvalue weighted by molar-refractivity contribution is -0.136. The van der Waals surface area contributed by atoms with Crippen LogP contribution in [-0.2, 0) is 14.3 Å². The number of dihydropyridines is 1. The van der Waals surface area contributed by atoms with E-state index in [1.54, 1.807) is 18.4 Å². The number of azo groups is 1. The van der Waals surface area contributed by atoms with Crippen molar-refractivity contribution >= 4 is 11.9 Å². The van der Waals surface area contributed by atoms with Crippen molar-refractivity contribution in [3.05, 3.63) is 46.8 Å². The van der Waals surface area contributed by atoms with Crippen LogP contribution in [-0.4, -0.2) is 25.0 Å². The summed E-state index contributed by atoms with van der Waals surface area (Å²) in [5, 5.41) is 10.4. The van der Waals surface area contributed by atoms with E-state index in [9.17, 15) is 9.59 Å². The number of ether oxygens (including phenoxy) is 1. The lowest BCUT2D eigenvalue weighted by Gasteiger charge is -2.26. The van der Waals surface area contributed by atoms with Crippen LogP contribution in [0.1, 0.15) is 0 Å². The Morgan fingerprint density at radius 2 is 2.28 bits per heavy atom. The zero-order chi connectivity index (χ0) is 12.7. The highest BCUT2D eigenvalue weighted by molar-refractivity contribution is 6.01. The zero-order valence-electron chi connectivity index (χ0n) is 9.51. The maximum absolute atomic E-state index is 11.6. The van der Waals surface area contributed by atoms with Gasteiger partial charge in [0.05, 0.1) is 24.3 Å². The van der Waals surface area contributed by atoms with Gasteiger partial charge in [0.2, 0.25) is 0 Å². The molecular weight excluding hydrogens is 234 g/mol. The Balaban J connectivity index is 2.07. The molecule has 1 N–H and O–H groups in total. The van der Waals surface area contributed by atoms with Crippen LogP contribution in [0.4, 0.5) is 0 Å². The number of carbonyl (C=O) groups is 2. The molecule has 90 valence electrons. The van der Waals surface area contributed by atoms with E-state index in [2.05, 4.69) is 15.5 Å². The summed E-state index contributed by atoms with van der Waals surface area (Å²) in [6.45, 7) is 0. The van der Waals surface area contributed by atoms with Crippen molar-refractivity contribution in [2.45, 2.75) is 6.04 Å². The van der Waals surface area contributed by atoms with Gasteiger partial charge in [0.15, 0.2) is 0 Å². The Morgan fingerprint density at radius 1 is 1.44 bits per heavy atom. The van der Waals surface area contributed by atoms with Crippen LogP contribution in [0.3, 0.4) is 0 Å². The number of allylic oxidation sites excluding steroid dienone is 2. The first-order chi connectivity index (χ1) is 8.72. The van der Waals surface area contributed by atoms with Gasteiger partial charge < -0.3 is 10.1 Å². The minimum atomic E-state index is -0.409. The number of esters is 1. The number of rotatable bonds is 1. The topological polar surface area (TPSA) is 80.1 Å². The SMILES string of the molecule is COC(=O)C1=CC=CC2=C3N=NC(=O)C3=CNC12. The molecule has 0 aromatic rings. The summed E-state index contributed by atoms with van der Waals surface area (Å²) in [4.78, 5) is 23.1. The minimum Gasteiger partial charge on any atom is -0.466 e. The van der Waals surface area contributed by atoms with Crippen molar-refractivity contribution < 1.29 is 14.3 Å². The summed E-state index contributed by atoms with van der Waals surface area (Å²) < 4.78 is 4.73. The molecule has 2 aliphatic heterocycles. The molecule has 0 saturated heterocycles. The van der Waals surface area contributed by atoms with Crippen LogP contribution in [0.15, 0.2) is 57.1 Å². The summed E-state index contributed by atoms with van der Waals surface area (Å²) in [7, 11) is 1.33. The predicted octanol–water partition coefficient (Wildman–Crippen LogP) is 0.758. The molecule has 18 heavy (non-hydrogen) atoms. The monoisotopic (exact) mass is 243 g/mol. The lowest BCUT2D eigenvalue weighted by atomic mass is 9.88. The Kier molecular flexibility index (Phi) is 2.22. The lowest BCUT2D eigenvalue weighted by Crippen LogP contribution is -2.37. The van der Waals surface area contributed by atoms with Crippen molar-refractivity contribution in [3.8, 4) is 0 Å². The van der Waals surface area contributed by atoms with E-state index in [1.165, 1.54) is 7.11 Å². The number of methoxy groups -OCH3 is 1. The molecule has 1 aliphatic carbocycles. The van der Waals surface area contributed by atoms with Crippen LogP contribution in [0.25, 0.3) is 0 Å². The van der Waals surface area contributed by atoms with Crippen LogP contribution in [0, 0.1) is 0 Å². The van der Waals surface area contributed by atoms with Crippen molar-refractivity contribution in [2.24, 2.45) is 10.2 Å². The van der Waals surface area contributed by atoms with Crippen molar-refractivity contribution in [1.29, 1.82) is 0 Å². The molecule has 1 unspecified atom stereocenters. The number of hydrogen-bond donors (Lipinski definition) is 1. The fraction of sp³-hybridized carbons (Fsp3) is 0.167. The number of amides is 1. The van der Waals surface area contributed by atoms with Crippen LogP contribution in [0.5, 0.6) is 0 Å². The van der Waals surface area contributed by atoms with E-state index >= 15 is 0 Å². The predicted molar refractivity (Wildman–Crippen MR) is 61.1 cm³/mol. The molecule has 6 heteroatoms. The summed E-state index contributed by atoms with van der Waals surface area (Å²) in [6.07, 6.45) is 6.76. The fourth-order valence-corrected chi connectivity index (χ4v) is 2.13. The first kappa shape index (κ1) is 10.6. The Hall–Kier alpha value is -2.50. The van der Waals surface area contributed by atoms with Gasteiger partial charge in [0, 0.05) is 11.8 Å². The number of nitrogens with one attached hydrogen (secondary N) is 1. The minimum absolute atomic E-state index is 0.342. The molecule has 0 radical (unpaired) electrons. The molecular formula is C12H9N3O3. The second kappa shape index (κ2) is 3.76.